The largest absolute Gasteiger partial charge is 0.507 e. The fourth-order valence-corrected chi connectivity index (χ4v) is 7.00. The van der Waals surface area contributed by atoms with Crippen LogP contribution in [0.15, 0.2) is 36.4 Å². The number of aliphatic hydroxyl groups excluding tert-OH is 1. The highest BCUT2D eigenvalue weighted by Gasteiger charge is 2.72. The van der Waals surface area contributed by atoms with Gasteiger partial charge in [0.2, 0.25) is 5.91 Å². The molecule has 3 aliphatic carbocycles. The highest BCUT2D eigenvalue weighted by Crippen LogP contribution is 2.55. The van der Waals surface area contributed by atoms with Gasteiger partial charge in [-0.05, 0) is 37.2 Å². The number of aliphatic hydroxyl groups is 2. The molecule has 2 aromatic carbocycles. The average Bonchev–Trinajstić information content (AvgIpc) is 2.90. The maximum absolute atomic E-state index is 14.0. The highest BCUT2D eigenvalue weighted by atomic mass is 16.3. The summed E-state index contributed by atoms with van der Waals surface area (Å²) in [6.45, 7) is 1.64. The topological polar surface area (TPSA) is 192 Å². The van der Waals surface area contributed by atoms with Crippen molar-refractivity contribution < 1.29 is 44.1 Å². The summed E-state index contributed by atoms with van der Waals surface area (Å²) in [6.07, 6.45) is -1.07. The molecule has 40 heavy (non-hydrogen) atoms. The van der Waals surface area contributed by atoms with Gasteiger partial charge in [0.1, 0.15) is 12.0 Å². The zero-order chi connectivity index (χ0) is 29.4. The Labute approximate surface area is 228 Å². The summed E-state index contributed by atoms with van der Waals surface area (Å²) in [4.78, 5) is 79.3. The van der Waals surface area contributed by atoms with E-state index in [1.807, 2.05) is 0 Å². The van der Waals surface area contributed by atoms with Gasteiger partial charge in [-0.1, -0.05) is 37.3 Å². The lowest BCUT2D eigenvalue weighted by atomic mass is 9.49. The molecule has 1 amide bonds. The summed E-state index contributed by atoms with van der Waals surface area (Å²) >= 11 is 0. The van der Waals surface area contributed by atoms with Crippen molar-refractivity contribution in [1.29, 1.82) is 0 Å². The molecule has 0 aliphatic heterocycles. The molecule has 0 radical (unpaired) electrons. The third-order valence-corrected chi connectivity index (χ3v) is 8.82. The van der Waals surface area contributed by atoms with E-state index in [0.29, 0.717) is 23.0 Å². The number of phenolic OH excluding ortho intramolecular Hbond substituents is 1. The number of primary amides is 1. The third-order valence-electron chi connectivity index (χ3n) is 8.82. The Bertz CT molecular complexity index is 1510. The zero-order valence-electron chi connectivity index (χ0n) is 21.9. The standard InChI is InChI=1S/C29H28N2O9/c1-11-14-7-8-15(13-6-4-5-12(9-13)10-32)22(33)17(14)23(34)18-16(11)24(35)20-21(31(2)3)25(36)19(28(30)39)27(38)29(20,40)26(18)37/h4-11,16,18-21,24,33,35,40H,1-3H3,(H2,30,39)/t11-,16+,18?,19?,20+,21-,24-,29-/m0/s1. The van der Waals surface area contributed by atoms with E-state index in [1.54, 1.807) is 37.3 Å². The number of carbonyl (C=O) groups excluding carboxylic acids is 6. The quantitative estimate of drug-likeness (QED) is 0.296. The molecule has 8 atom stereocenters. The van der Waals surface area contributed by atoms with E-state index in [4.69, 9.17) is 5.73 Å². The van der Waals surface area contributed by atoms with Crippen LogP contribution in [0.3, 0.4) is 0 Å². The minimum absolute atomic E-state index is 0.208. The minimum atomic E-state index is -3.05. The number of Topliss-reactive ketones (excluding diaryl/α,β-unsaturated/α-hetero) is 4. The average molecular weight is 549 g/mol. The molecule has 208 valence electrons. The van der Waals surface area contributed by atoms with Crippen LogP contribution < -0.4 is 5.73 Å². The molecule has 11 heteroatoms. The number of aromatic hydroxyl groups is 1. The van der Waals surface area contributed by atoms with Gasteiger partial charge in [0.25, 0.3) is 0 Å². The van der Waals surface area contributed by atoms with Crippen molar-refractivity contribution in [3.8, 4) is 16.9 Å². The van der Waals surface area contributed by atoms with Crippen LogP contribution in [0.1, 0.15) is 39.1 Å². The molecule has 2 aromatic rings. The summed E-state index contributed by atoms with van der Waals surface area (Å²) in [5.74, 6) is -13.8. The first kappa shape index (κ1) is 27.5. The van der Waals surface area contributed by atoms with E-state index in [1.165, 1.54) is 25.1 Å². The maximum atomic E-state index is 14.0. The van der Waals surface area contributed by atoms with Crippen molar-refractivity contribution in [2.75, 3.05) is 14.1 Å². The Morgan fingerprint density at radius 2 is 1.75 bits per heavy atom. The van der Waals surface area contributed by atoms with Crippen molar-refractivity contribution in [2.24, 2.45) is 29.4 Å². The van der Waals surface area contributed by atoms with Crippen molar-refractivity contribution in [3.63, 3.8) is 0 Å². The Hall–Kier alpha value is -4.06. The van der Waals surface area contributed by atoms with Gasteiger partial charge in [0.05, 0.1) is 29.5 Å². The first-order valence-electron chi connectivity index (χ1n) is 12.7. The van der Waals surface area contributed by atoms with Crippen molar-refractivity contribution >= 4 is 35.3 Å². The molecule has 0 heterocycles. The number of amides is 1. The number of ketones is 4. The number of aldehydes is 1. The number of carbonyl (C=O) groups is 6. The molecule has 2 saturated carbocycles. The van der Waals surface area contributed by atoms with Crippen LogP contribution >= 0.6 is 0 Å². The van der Waals surface area contributed by atoms with Gasteiger partial charge >= 0.3 is 0 Å². The van der Waals surface area contributed by atoms with Crippen LogP contribution in [0.2, 0.25) is 0 Å². The van der Waals surface area contributed by atoms with E-state index in [9.17, 15) is 44.1 Å². The Morgan fingerprint density at radius 1 is 1.07 bits per heavy atom. The van der Waals surface area contributed by atoms with Crippen molar-refractivity contribution in [3.05, 3.63) is 53.1 Å². The summed E-state index contributed by atoms with van der Waals surface area (Å²) in [6, 6.07) is 8.02. The number of rotatable bonds is 4. The Balaban J connectivity index is 1.70. The SMILES string of the molecule is C[C@H]1c2ccc(-c3cccc(C=O)c3)c(O)c2C(=O)C2C(=O)[C@]3(O)C(=O)C(C(N)=O)C(=O)[C@@H](N(C)C)[C@@H]3[C@@H](O)[C@@H]21. The molecule has 0 bridgehead atoms. The number of fused-ring (bicyclic) bond motifs is 3. The predicted octanol–water partition coefficient (Wildman–Crippen LogP) is -0.122. The lowest BCUT2D eigenvalue weighted by molar-refractivity contribution is -0.196. The van der Waals surface area contributed by atoms with Gasteiger partial charge in [-0.15, -0.1) is 0 Å². The molecular formula is C29H28N2O9. The number of benzene rings is 2. The van der Waals surface area contributed by atoms with Gasteiger partial charge in [-0.25, -0.2) is 0 Å². The van der Waals surface area contributed by atoms with E-state index in [2.05, 4.69) is 0 Å². The summed E-state index contributed by atoms with van der Waals surface area (Å²) in [5, 5.41) is 34.6. The predicted molar refractivity (Wildman–Crippen MR) is 138 cm³/mol. The van der Waals surface area contributed by atoms with Crippen LogP contribution in [-0.2, 0) is 19.2 Å². The molecule has 2 fully saturated rings. The van der Waals surface area contributed by atoms with E-state index in [0.717, 1.165) is 0 Å². The molecule has 11 nitrogen and oxygen atoms in total. The lowest BCUT2D eigenvalue weighted by Crippen LogP contribution is -2.77. The van der Waals surface area contributed by atoms with Gasteiger partial charge in [0, 0.05) is 17.0 Å². The summed E-state index contributed by atoms with van der Waals surface area (Å²) in [7, 11) is 2.87. The normalized spacial score (nSPS) is 33.3. The second-order valence-electron chi connectivity index (χ2n) is 11.0. The van der Waals surface area contributed by atoms with Crippen LogP contribution in [0.25, 0.3) is 11.1 Å². The van der Waals surface area contributed by atoms with E-state index >= 15 is 0 Å². The molecule has 3 aliphatic rings. The number of likely N-dealkylation sites (N-methyl/N-ethyl adjacent to an activating group) is 1. The van der Waals surface area contributed by atoms with Gasteiger partial charge < -0.3 is 21.1 Å². The second-order valence-corrected chi connectivity index (χ2v) is 11.0. The first-order valence-corrected chi connectivity index (χ1v) is 12.7. The zero-order valence-corrected chi connectivity index (χ0v) is 21.9. The Morgan fingerprint density at radius 3 is 2.35 bits per heavy atom. The number of hydrogen-bond acceptors (Lipinski definition) is 10. The van der Waals surface area contributed by atoms with Crippen molar-refractivity contribution in [1.82, 2.24) is 4.90 Å². The summed E-state index contributed by atoms with van der Waals surface area (Å²) in [5.41, 5.74) is 3.37. The molecular weight excluding hydrogens is 520 g/mol. The monoisotopic (exact) mass is 548 g/mol. The highest BCUT2D eigenvalue weighted by molar-refractivity contribution is 6.32. The molecule has 0 saturated heterocycles. The molecule has 5 N–H and O–H groups in total. The molecule has 2 unspecified atom stereocenters. The number of hydrogen-bond donors (Lipinski definition) is 4. The molecule has 0 aromatic heterocycles. The van der Waals surface area contributed by atoms with Crippen molar-refractivity contribution in [2.45, 2.75) is 30.6 Å². The first-order chi connectivity index (χ1) is 18.8. The van der Waals surface area contributed by atoms with E-state index < -0.39 is 82.1 Å². The number of nitrogens with zero attached hydrogens (tertiary/aromatic N) is 1. The molecule has 0 spiro atoms. The maximum Gasteiger partial charge on any atom is 0.235 e. The fourth-order valence-electron chi connectivity index (χ4n) is 7.00. The second kappa shape index (κ2) is 9.26. The number of nitrogens with two attached hydrogens (primary N) is 1. The minimum Gasteiger partial charge on any atom is -0.507 e. The smallest absolute Gasteiger partial charge is 0.235 e. The van der Waals surface area contributed by atoms with Gasteiger partial charge in [0.15, 0.2) is 34.7 Å². The van der Waals surface area contributed by atoms with Crippen LogP contribution in [0.4, 0.5) is 0 Å². The summed E-state index contributed by atoms with van der Waals surface area (Å²) < 4.78 is 0. The lowest BCUT2D eigenvalue weighted by Gasteiger charge is -2.56. The third kappa shape index (κ3) is 3.48. The van der Waals surface area contributed by atoms with Crippen LogP contribution in [0, 0.1) is 23.7 Å². The van der Waals surface area contributed by atoms with Crippen LogP contribution in [-0.4, -0.2) is 87.4 Å². The molecule has 5 rings (SSSR count). The Kier molecular flexibility index (Phi) is 6.36. The van der Waals surface area contributed by atoms with Crippen LogP contribution in [0.5, 0.6) is 5.75 Å². The number of phenols is 1. The van der Waals surface area contributed by atoms with Gasteiger partial charge in [-0.3, -0.25) is 33.7 Å². The van der Waals surface area contributed by atoms with Gasteiger partial charge in [-0.2, -0.15) is 0 Å². The fraction of sp³-hybridized carbons (Fsp3) is 0.379. The van der Waals surface area contributed by atoms with E-state index in [-0.39, 0.29) is 11.1 Å².